The van der Waals surface area contributed by atoms with Crippen LogP contribution in [0.2, 0.25) is 0 Å². The first kappa shape index (κ1) is 38.6. The summed E-state index contributed by atoms with van der Waals surface area (Å²) in [5.74, 6) is 1.81. The smallest absolute Gasteiger partial charge is 0.227 e. The van der Waals surface area contributed by atoms with Crippen LogP contribution in [0.25, 0.3) is 10.8 Å². The van der Waals surface area contributed by atoms with Crippen LogP contribution in [-0.2, 0) is 22.6 Å². The highest BCUT2D eigenvalue weighted by Crippen LogP contribution is 2.78. The van der Waals surface area contributed by atoms with E-state index in [-0.39, 0.29) is 53.6 Å². The second-order valence-electron chi connectivity index (χ2n) is 19.3. The van der Waals surface area contributed by atoms with Gasteiger partial charge in [0.05, 0.1) is 38.9 Å². The van der Waals surface area contributed by atoms with Gasteiger partial charge < -0.3 is 24.6 Å². The van der Waals surface area contributed by atoms with Gasteiger partial charge in [0.15, 0.2) is 17.3 Å². The molecule has 0 aliphatic heterocycles. The minimum absolute atomic E-state index is 0.0443. The number of carbonyl (C=O) groups is 2. The molecule has 57 heavy (non-hydrogen) atoms. The Balaban J connectivity index is 1.10. The zero-order valence-corrected chi connectivity index (χ0v) is 34.4. The maximum absolute atomic E-state index is 15.0. The number of allylic oxidation sites excluding steroid dienone is 4. The van der Waals surface area contributed by atoms with Crippen LogP contribution in [0.3, 0.4) is 0 Å². The fraction of sp³-hybridized carbons (Fsp3) is 0.560. The molecule has 8 unspecified atom stereocenters. The van der Waals surface area contributed by atoms with Crippen molar-refractivity contribution in [3.05, 3.63) is 95.6 Å². The van der Waals surface area contributed by atoms with E-state index in [1.807, 2.05) is 35.2 Å². The van der Waals surface area contributed by atoms with Crippen LogP contribution in [0.1, 0.15) is 102 Å². The molecule has 7 heteroatoms. The molecule has 3 aromatic rings. The number of ketones is 1. The Morgan fingerprint density at radius 2 is 1.53 bits per heavy atom. The van der Waals surface area contributed by atoms with Crippen LogP contribution in [0.5, 0.6) is 11.5 Å². The van der Waals surface area contributed by atoms with Crippen LogP contribution in [-0.4, -0.2) is 59.3 Å². The van der Waals surface area contributed by atoms with Gasteiger partial charge in [-0.15, -0.1) is 0 Å². The Bertz CT molecular complexity index is 2130. The first-order valence-electron chi connectivity index (χ1n) is 21.7. The Morgan fingerprint density at radius 3 is 2.32 bits per heavy atom. The number of hydrogen-bond donors (Lipinski definition) is 2. The SMILES string of the molecule is COc1ccc(CC(=O)N(Cc2cccc3ccccc23)CC2(O)CCC3C45C=CC6(C=C4C(=O)C4CCCCC4)CC(O)CCC6(C)C5CCC32C)cc1OC. The summed E-state index contributed by atoms with van der Waals surface area (Å²) in [4.78, 5) is 31.7. The van der Waals surface area contributed by atoms with Crippen molar-refractivity contribution in [3.8, 4) is 11.5 Å². The molecule has 0 radical (unpaired) electrons. The molecule has 0 heterocycles. The third kappa shape index (κ3) is 5.79. The molecule has 7 aliphatic carbocycles. The Hall–Kier alpha value is -3.94. The Labute approximate surface area is 338 Å². The van der Waals surface area contributed by atoms with Gasteiger partial charge in [-0.25, -0.2) is 0 Å². The summed E-state index contributed by atoms with van der Waals surface area (Å²) < 4.78 is 11.1. The highest BCUT2D eigenvalue weighted by Gasteiger charge is 2.74. The first-order valence-corrected chi connectivity index (χ1v) is 21.7. The number of fused-ring (bicyclic) bond motifs is 2. The van der Waals surface area contributed by atoms with E-state index in [0.29, 0.717) is 36.7 Å². The fourth-order valence-electron chi connectivity index (χ4n) is 13.7. The molecule has 0 aromatic heterocycles. The molecule has 302 valence electrons. The average Bonchev–Trinajstić information content (AvgIpc) is 3.50. The van der Waals surface area contributed by atoms with Gasteiger partial charge in [-0.2, -0.15) is 0 Å². The molecule has 4 saturated carbocycles. The van der Waals surface area contributed by atoms with Crippen LogP contribution >= 0.6 is 0 Å². The van der Waals surface area contributed by atoms with Crippen molar-refractivity contribution in [1.29, 1.82) is 0 Å². The summed E-state index contributed by atoms with van der Waals surface area (Å²) in [6.45, 7) is 5.31. The van der Waals surface area contributed by atoms with E-state index in [2.05, 4.69) is 62.4 Å². The van der Waals surface area contributed by atoms with Gasteiger partial charge in [-0.3, -0.25) is 9.59 Å². The molecule has 10 rings (SSSR count). The largest absolute Gasteiger partial charge is 0.493 e. The van der Waals surface area contributed by atoms with E-state index in [1.165, 1.54) is 6.42 Å². The summed E-state index contributed by atoms with van der Waals surface area (Å²) in [5, 5.41) is 26.7. The summed E-state index contributed by atoms with van der Waals surface area (Å²) >= 11 is 0. The first-order chi connectivity index (χ1) is 27.4. The van der Waals surface area contributed by atoms with E-state index in [9.17, 15) is 15.0 Å². The molecule has 0 saturated heterocycles. The molecule has 4 fully saturated rings. The van der Waals surface area contributed by atoms with Crippen molar-refractivity contribution in [1.82, 2.24) is 4.90 Å². The lowest BCUT2D eigenvalue weighted by Crippen LogP contribution is -2.67. The zero-order chi connectivity index (χ0) is 39.8. The van der Waals surface area contributed by atoms with E-state index < -0.39 is 16.4 Å². The molecular formula is C50H61NO6. The number of Topliss-reactive ketones (excluding diaryl/α,β-unsaturated/α-hetero) is 1. The Kier molecular flexibility index (Phi) is 9.55. The fourth-order valence-corrected chi connectivity index (χ4v) is 13.7. The number of hydrogen-bond acceptors (Lipinski definition) is 6. The number of benzene rings is 3. The standard InChI is InChI=1S/C50H61NO6/c1-46-22-19-37(52)29-48(46)25-26-50(39(30-48)45(54)35-12-6-5-7-13-35)42(46)20-23-47(2)43(50)21-24-49(47,55)32-51(31-36-15-10-14-34-11-8-9-16-38(34)36)44(53)28-33-17-18-40(56-3)41(27-33)57-4/h8-11,14-18,25-27,30,35,37,42-43,52,55H,5-7,12-13,19-24,28-29,31-32H2,1-4H3. The van der Waals surface area contributed by atoms with Crippen LogP contribution < -0.4 is 9.47 Å². The molecular weight excluding hydrogens is 711 g/mol. The molecule has 7 nitrogen and oxygen atoms in total. The van der Waals surface area contributed by atoms with Crippen molar-refractivity contribution in [2.24, 2.45) is 39.4 Å². The molecule has 2 bridgehead atoms. The second kappa shape index (κ2) is 14.1. The third-order valence-corrected chi connectivity index (χ3v) is 16.8. The average molecular weight is 772 g/mol. The number of rotatable bonds is 10. The maximum atomic E-state index is 15.0. The van der Waals surface area contributed by atoms with E-state index in [4.69, 9.17) is 9.47 Å². The van der Waals surface area contributed by atoms with Gasteiger partial charge in [0.2, 0.25) is 5.91 Å². The lowest BCUT2D eigenvalue weighted by molar-refractivity contribution is -0.181. The van der Waals surface area contributed by atoms with Gasteiger partial charge in [0.25, 0.3) is 0 Å². The monoisotopic (exact) mass is 771 g/mol. The van der Waals surface area contributed by atoms with Gasteiger partial charge in [-0.1, -0.05) is 99.9 Å². The number of carbonyl (C=O) groups excluding carboxylic acids is 2. The summed E-state index contributed by atoms with van der Waals surface area (Å²) in [6, 6.07) is 20.2. The van der Waals surface area contributed by atoms with Crippen LogP contribution in [0, 0.1) is 39.4 Å². The summed E-state index contributed by atoms with van der Waals surface area (Å²) in [5.41, 5.74) is 0.275. The molecule has 3 aromatic carbocycles. The lowest BCUT2D eigenvalue weighted by atomic mass is 9.32. The zero-order valence-electron chi connectivity index (χ0n) is 34.4. The number of nitrogens with zero attached hydrogens (tertiary/aromatic N) is 1. The number of aliphatic hydroxyl groups excluding tert-OH is 1. The van der Waals surface area contributed by atoms with Gasteiger partial charge >= 0.3 is 0 Å². The number of amides is 1. The summed E-state index contributed by atoms with van der Waals surface area (Å²) in [7, 11) is 3.21. The predicted octanol–water partition coefficient (Wildman–Crippen LogP) is 9.17. The van der Waals surface area contributed by atoms with Gasteiger partial charge in [-0.05, 0) is 109 Å². The molecule has 2 N–H and O–H groups in total. The number of methoxy groups -OCH3 is 2. The second-order valence-corrected chi connectivity index (χ2v) is 19.3. The number of aliphatic hydroxyl groups is 2. The van der Waals surface area contributed by atoms with Crippen molar-refractivity contribution in [2.75, 3.05) is 20.8 Å². The van der Waals surface area contributed by atoms with E-state index >= 15 is 4.79 Å². The van der Waals surface area contributed by atoms with Gasteiger partial charge in [0, 0.05) is 34.3 Å². The molecule has 7 aliphatic rings. The Morgan fingerprint density at radius 1 is 0.807 bits per heavy atom. The van der Waals surface area contributed by atoms with Crippen LogP contribution in [0.4, 0.5) is 0 Å². The highest BCUT2D eigenvalue weighted by atomic mass is 16.5. The van der Waals surface area contributed by atoms with E-state index in [1.54, 1.807) is 14.2 Å². The molecule has 2 spiro atoms. The van der Waals surface area contributed by atoms with Crippen molar-refractivity contribution in [2.45, 2.75) is 116 Å². The predicted molar refractivity (Wildman–Crippen MR) is 223 cm³/mol. The van der Waals surface area contributed by atoms with Gasteiger partial charge in [0.1, 0.15) is 0 Å². The number of ether oxygens (including phenoxy) is 2. The third-order valence-electron chi connectivity index (χ3n) is 16.8. The van der Waals surface area contributed by atoms with Crippen molar-refractivity contribution in [3.63, 3.8) is 0 Å². The van der Waals surface area contributed by atoms with Crippen molar-refractivity contribution < 1.29 is 29.3 Å². The minimum Gasteiger partial charge on any atom is -0.493 e. The normalized spacial score (nSPS) is 35.5. The minimum atomic E-state index is -1.17. The highest BCUT2D eigenvalue weighted by molar-refractivity contribution is 6.00. The van der Waals surface area contributed by atoms with E-state index in [0.717, 1.165) is 85.3 Å². The topological polar surface area (TPSA) is 96.3 Å². The lowest BCUT2D eigenvalue weighted by Gasteiger charge is -2.71. The quantitative estimate of drug-likeness (QED) is 0.200. The van der Waals surface area contributed by atoms with Crippen LogP contribution in [0.15, 0.2) is 84.5 Å². The maximum Gasteiger partial charge on any atom is 0.227 e. The molecule has 8 atom stereocenters. The van der Waals surface area contributed by atoms with Crippen molar-refractivity contribution >= 4 is 22.5 Å². The summed E-state index contributed by atoms with van der Waals surface area (Å²) in [6.07, 6.45) is 17.8. The molecule has 1 amide bonds.